The number of sulfonamides is 1. The number of hydrogen-bond donors (Lipinski definition) is 2. The van der Waals surface area contributed by atoms with Crippen LogP contribution in [0.5, 0.6) is 5.75 Å². The largest absolute Gasteiger partial charge is 0.494 e. The maximum Gasteiger partial charge on any atom is 0.240 e. The molecule has 2 N–H and O–H groups in total. The Kier molecular flexibility index (Phi) is 5.39. The van der Waals surface area contributed by atoms with E-state index in [1.165, 1.54) is 18.6 Å². The van der Waals surface area contributed by atoms with Crippen LogP contribution in [-0.2, 0) is 10.0 Å². The fourth-order valence-corrected chi connectivity index (χ4v) is 3.09. The minimum absolute atomic E-state index is 0.0809. The van der Waals surface area contributed by atoms with E-state index in [0.29, 0.717) is 31.2 Å². The minimum Gasteiger partial charge on any atom is -0.494 e. The molecule has 1 aromatic carbocycles. The Hall–Kier alpha value is -1.11. The molecule has 0 heterocycles. The lowest BCUT2D eigenvalue weighted by molar-refractivity contribution is 0.233. The van der Waals surface area contributed by atoms with Gasteiger partial charge in [-0.25, -0.2) is 13.1 Å². The quantitative estimate of drug-likeness (QED) is 0.714. The molecule has 5 nitrogen and oxygen atoms in total. The van der Waals surface area contributed by atoms with Gasteiger partial charge in [0.05, 0.1) is 11.5 Å². The molecule has 6 heteroatoms. The van der Waals surface area contributed by atoms with Crippen LogP contribution in [0, 0.1) is 5.92 Å². The van der Waals surface area contributed by atoms with Crippen molar-refractivity contribution in [2.45, 2.75) is 30.6 Å². The molecule has 0 unspecified atom stereocenters. The summed E-state index contributed by atoms with van der Waals surface area (Å²) >= 11 is 0. The summed E-state index contributed by atoms with van der Waals surface area (Å²) in [6.45, 7) is 1.02. The number of ether oxygens (including phenoxy) is 1. The van der Waals surface area contributed by atoms with E-state index in [-0.39, 0.29) is 11.5 Å². The predicted molar refractivity (Wildman–Crippen MR) is 76.2 cm³/mol. The molecule has 2 rings (SSSR count). The molecule has 0 bridgehead atoms. The molecule has 0 aromatic heterocycles. The van der Waals surface area contributed by atoms with Gasteiger partial charge in [-0.2, -0.15) is 0 Å². The zero-order chi connectivity index (χ0) is 14.4. The van der Waals surface area contributed by atoms with Crippen LogP contribution >= 0.6 is 0 Å². The van der Waals surface area contributed by atoms with Crippen molar-refractivity contribution in [1.29, 1.82) is 0 Å². The maximum absolute atomic E-state index is 12.1. The highest BCUT2D eigenvalue weighted by Crippen LogP contribution is 2.26. The van der Waals surface area contributed by atoms with Gasteiger partial charge in [0.2, 0.25) is 10.0 Å². The summed E-state index contributed by atoms with van der Waals surface area (Å²) in [5.74, 6) is 1.10. The number of aliphatic hydroxyl groups excluding tert-OH is 1. The third-order valence-electron chi connectivity index (χ3n) is 3.49. The molecule has 0 amide bonds. The van der Waals surface area contributed by atoms with Crippen LogP contribution in [-0.4, -0.2) is 33.3 Å². The maximum atomic E-state index is 12.1. The fraction of sp³-hybridized carbons (Fsp3) is 0.571. The van der Waals surface area contributed by atoms with Crippen molar-refractivity contribution in [2.75, 3.05) is 19.8 Å². The molecule has 1 aromatic rings. The lowest BCUT2D eigenvalue weighted by atomic mass is 9.86. The van der Waals surface area contributed by atoms with Gasteiger partial charge in [0.25, 0.3) is 0 Å². The Balaban J connectivity index is 1.89. The fourth-order valence-electron chi connectivity index (χ4n) is 1.98. The van der Waals surface area contributed by atoms with Gasteiger partial charge < -0.3 is 9.84 Å². The Morgan fingerprint density at radius 3 is 2.50 bits per heavy atom. The van der Waals surface area contributed by atoms with Crippen molar-refractivity contribution in [2.24, 2.45) is 5.92 Å². The summed E-state index contributed by atoms with van der Waals surface area (Å²) in [6, 6.07) is 6.35. The van der Waals surface area contributed by atoms with Gasteiger partial charge in [-0.3, -0.25) is 0 Å². The van der Waals surface area contributed by atoms with Gasteiger partial charge in [0.15, 0.2) is 0 Å². The van der Waals surface area contributed by atoms with Crippen LogP contribution in [0.2, 0.25) is 0 Å². The average Bonchev–Trinajstić information content (AvgIpc) is 2.38. The van der Waals surface area contributed by atoms with Crippen molar-refractivity contribution in [3.63, 3.8) is 0 Å². The molecule has 0 atom stereocenters. The van der Waals surface area contributed by atoms with Crippen molar-refractivity contribution in [3.8, 4) is 5.75 Å². The molecular weight excluding hydrogens is 278 g/mol. The first-order valence-corrected chi connectivity index (χ1v) is 8.43. The van der Waals surface area contributed by atoms with E-state index in [9.17, 15) is 8.42 Å². The van der Waals surface area contributed by atoms with Crippen LogP contribution in [0.25, 0.3) is 0 Å². The zero-order valence-electron chi connectivity index (χ0n) is 11.4. The highest BCUT2D eigenvalue weighted by atomic mass is 32.2. The molecule has 0 saturated heterocycles. The van der Waals surface area contributed by atoms with Gasteiger partial charge in [0.1, 0.15) is 5.75 Å². The van der Waals surface area contributed by atoms with Gasteiger partial charge in [-0.1, -0.05) is 6.42 Å². The van der Waals surface area contributed by atoms with Crippen molar-refractivity contribution < 1.29 is 18.3 Å². The normalized spacial score (nSPS) is 15.8. The van der Waals surface area contributed by atoms with Crippen LogP contribution in [0.1, 0.15) is 25.7 Å². The van der Waals surface area contributed by atoms with Gasteiger partial charge in [0, 0.05) is 19.6 Å². The van der Waals surface area contributed by atoms with E-state index in [1.54, 1.807) is 12.1 Å². The second-order valence-electron chi connectivity index (χ2n) is 5.05. The number of hydrogen-bond acceptors (Lipinski definition) is 4. The Bertz CT molecular complexity index is 508. The molecule has 1 aliphatic carbocycles. The topological polar surface area (TPSA) is 75.6 Å². The summed E-state index contributed by atoms with van der Waals surface area (Å²) in [5, 5.41) is 8.66. The lowest BCUT2D eigenvalue weighted by Gasteiger charge is -2.25. The van der Waals surface area contributed by atoms with E-state index in [4.69, 9.17) is 9.84 Å². The van der Waals surface area contributed by atoms with Gasteiger partial charge in [-0.15, -0.1) is 0 Å². The molecule has 0 radical (unpaired) electrons. The molecule has 20 heavy (non-hydrogen) atoms. The van der Waals surface area contributed by atoms with Crippen LogP contribution in [0.3, 0.4) is 0 Å². The summed E-state index contributed by atoms with van der Waals surface area (Å²) in [6.07, 6.45) is 3.98. The van der Waals surface area contributed by atoms with E-state index >= 15 is 0 Å². The first-order chi connectivity index (χ1) is 9.62. The summed E-state index contributed by atoms with van der Waals surface area (Å²) in [4.78, 5) is 0.256. The molecule has 1 fully saturated rings. The van der Waals surface area contributed by atoms with E-state index in [0.717, 1.165) is 12.8 Å². The van der Waals surface area contributed by atoms with E-state index in [2.05, 4.69) is 4.72 Å². The predicted octanol–water partition coefficient (Wildman–Crippen LogP) is 1.53. The lowest BCUT2D eigenvalue weighted by Crippen LogP contribution is -2.32. The average molecular weight is 299 g/mol. The summed E-state index contributed by atoms with van der Waals surface area (Å²) in [5.41, 5.74) is 0. The second-order valence-corrected chi connectivity index (χ2v) is 6.81. The number of rotatable bonds is 8. The van der Waals surface area contributed by atoms with Gasteiger partial charge in [-0.05, 0) is 43.0 Å². The third-order valence-corrected chi connectivity index (χ3v) is 4.93. The molecule has 0 spiro atoms. The molecule has 1 saturated carbocycles. The Morgan fingerprint density at radius 2 is 1.95 bits per heavy atom. The number of nitrogens with one attached hydrogen (secondary N) is 1. The van der Waals surface area contributed by atoms with E-state index < -0.39 is 10.0 Å². The van der Waals surface area contributed by atoms with E-state index in [1.807, 2.05) is 0 Å². The standard InChI is InChI=1S/C14H21NO4S/c16-9-2-10-19-13-5-7-14(8-6-13)20(17,18)15-11-12-3-1-4-12/h5-8,12,15-16H,1-4,9-11H2. The molecular formula is C14H21NO4S. The molecule has 0 aliphatic heterocycles. The smallest absolute Gasteiger partial charge is 0.240 e. The Morgan fingerprint density at radius 1 is 1.25 bits per heavy atom. The SMILES string of the molecule is O=S(=O)(NCC1CCC1)c1ccc(OCCCO)cc1. The van der Waals surface area contributed by atoms with Gasteiger partial charge >= 0.3 is 0 Å². The molecule has 112 valence electrons. The first-order valence-electron chi connectivity index (χ1n) is 6.95. The Labute approximate surface area is 120 Å². The molecule has 1 aliphatic rings. The van der Waals surface area contributed by atoms with Crippen LogP contribution in [0.15, 0.2) is 29.2 Å². The highest BCUT2D eigenvalue weighted by molar-refractivity contribution is 7.89. The summed E-state index contributed by atoms with van der Waals surface area (Å²) in [7, 11) is -3.42. The van der Waals surface area contributed by atoms with Crippen LogP contribution in [0.4, 0.5) is 0 Å². The summed E-state index contributed by atoms with van der Waals surface area (Å²) < 4.78 is 32.1. The van der Waals surface area contributed by atoms with Crippen molar-refractivity contribution in [1.82, 2.24) is 4.72 Å². The third kappa shape index (κ3) is 4.19. The van der Waals surface area contributed by atoms with Crippen molar-refractivity contribution in [3.05, 3.63) is 24.3 Å². The number of aliphatic hydroxyl groups is 1. The first kappa shape index (κ1) is 15.3. The highest BCUT2D eigenvalue weighted by Gasteiger charge is 2.21. The van der Waals surface area contributed by atoms with Crippen LogP contribution < -0.4 is 9.46 Å². The van der Waals surface area contributed by atoms with Crippen molar-refractivity contribution >= 4 is 10.0 Å². The zero-order valence-corrected chi connectivity index (χ0v) is 12.2. The number of benzene rings is 1. The minimum atomic E-state index is -3.42. The monoisotopic (exact) mass is 299 g/mol. The second kappa shape index (κ2) is 7.06.